The minimum absolute atomic E-state index is 0. The van der Waals surface area contributed by atoms with Crippen molar-refractivity contribution >= 4 is 29.9 Å². The van der Waals surface area contributed by atoms with Gasteiger partial charge in [0.1, 0.15) is 11.1 Å². The molecule has 140 valence electrons. The first-order valence-corrected chi connectivity index (χ1v) is 8.06. The fourth-order valence-electron chi connectivity index (χ4n) is 3.78. The highest BCUT2D eigenvalue weighted by Gasteiger charge is 2.58. The largest absolute Gasteiger partial charge is 0.468 e. The van der Waals surface area contributed by atoms with Crippen molar-refractivity contribution in [2.45, 2.75) is 6.92 Å². The molecule has 2 aliphatic rings. The molecule has 7 nitrogen and oxygen atoms in total. The fraction of sp³-hybridized carbons (Fsp3) is 0.471. The summed E-state index contributed by atoms with van der Waals surface area (Å²) >= 11 is 0. The minimum Gasteiger partial charge on any atom is -0.468 e. The molecule has 0 bridgehead atoms. The van der Waals surface area contributed by atoms with Crippen molar-refractivity contribution in [1.29, 1.82) is 0 Å². The van der Waals surface area contributed by atoms with Gasteiger partial charge in [-0.15, -0.1) is 12.4 Å². The molecule has 0 aromatic carbocycles. The summed E-state index contributed by atoms with van der Waals surface area (Å²) in [4.78, 5) is 30.7. The van der Waals surface area contributed by atoms with E-state index < -0.39 is 23.2 Å². The number of hydrogen-bond donors (Lipinski definition) is 0. The Kier molecular flexibility index (Phi) is 4.66. The van der Waals surface area contributed by atoms with Crippen LogP contribution in [0.5, 0.6) is 0 Å². The average Bonchev–Trinajstić information content (AvgIpc) is 3.24. The molecular weight excluding hydrogens is 365 g/mol. The maximum Gasteiger partial charge on any atom is 0.316 e. The van der Waals surface area contributed by atoms with E-state index in [0.29, 0.717) is 18.8 Å². The number of ether oxygens (including phenoxy) is 2. The van der Waals surface area contributed by atoms with Crippen LogP contribution >= 0.6 is 12.4 Å². The Morgan fingerprint density at radius 1 is 1.46 bits per heavy atom. The summed E-state index contributed by atoms with van der Waals surface area (Å²) in [6.45, 7) is 2.93. The number of aromatic nitrogens is 2. The van der Waals surface area contributed by atoms with E-state index in [-0.39, 0.29) is 37.2 Å². The van der Waals surface area contributed by atoms with Crippen LogP contribution in [0.25, 0.3) is 5.65 Å². The zero-order valence-corrected chi connectivity index (χ0v) is 15.2. The number of amides is 1. The molecule has 2 aromatic heterocycles. The smallest absolute Gasteiger partial charge is 0.316 e. The van der Waals surface area contributed by atoms with Gasteiger partial charge in [-0.1, -0.05) is 0 Å². The van der Waals surface area contributed by atoms with Gasteiger partial charge in [-0.2, -0.15) is 4.39 Å². The lowest BCUT2D eigenvalue weighted by Crippen LogP contribution is -2.41. The molecule has 2 aliphatic heterocycles. The van der Waals surface area contributed by atoms with Gasteiger partial charge in [0.05, 0.1) is 20.3 Å². The maximum absolute atomic E-state index is 14.6. The van der Waals surface area contributed by atoms with Crippen LogP contribution in [0.3, 0.4) is 0 Å². The van der Waals surface area contributed by atoms with Crippen molar-refractivity contribution in [2.75, 3.05) is 33.4 Å². The van der Waals surface area contributed by atoms with Crippen LogP contribution in [0, 0.1) is 24.2 Å². The number of hydrogen-bond acceptors (Lipinski definition) is 5. The number of pyridine rings is 1. The average molecular weight is 384 g/mol. The molecule has 1 amide bonds. The number of carbonyl (C=O) groups excluding carboxylic acids is 2. The lowest BCUT2D eigenvalue weighted by Gasteiger charge is -2.23. The van der Waals surface area contributed by atoms with Gasteiger partial charge in [0, 0.05) is 25.2 Å². The van der Waals surface area contributed by atoms with Gasteiger partial charge in [0.25, 0.3) is 5.91 Å². The topological polar surface area (TPSA) is 73.1 Å². The van der Waals surface area contributed by atoms with Crippen LogP contribution in [-0.4, -0.2) is 59.6 Å². The number of carbonyl (C=O) groups is 2. The number of fused-ring (bicyclic) bond motifs is 2. The third-order valence-electron chi connectivity index (χ3n) is 5.18. The van der Waals surface area contributed by atoms with Crippen molar-refractivity contribution in [3.05, 3.63) is 35.5 Å². The summed E-state index contributed by atoms with van der Waals surface area (Å²) < 4.78 is 26.2. The monoisotopic (exact) mass is 383 g/mol. The molecule has 2 aromatic rings. The van der Waals surface area contributed by atoms with E-state index >= 15 is 0 Å². The van der Waals surface area contributed by atoms with Gasteiger partial charge in [-0.25, -0.2) is 4.98 Å². The third-order valence-corrected chi connectivity index (χ3v) is 5.18. The number of likely N-dealkylation sites (tertiary alicyclic amines) is 1. The molecule has 0 saturated carbocycles. The number of nitrogens with zero attached hydrogens (tertiary/aromatic N) is 3. The Morgan fingerprint density at radius 3 is 2.96 bits per heavy atom. The zero-order chi connectivity index (χ0) is 17.8. The van der Waals surface area contributed by atoms with Crippen molar-refractivity contribution in [3.63, 3.8) is 0 Å². The molecule has 0 aliphatic carbocycles. The van der Waals surface area contributed by atoms with Crippen molar-refractivity contribution in [3.8, 4) is 0 Å². The van der Waals surface area contributed by atoms with Crippen molar-refractivity contribution in [2.24, 2.45) is 11.3 Å². The number of methoxy groups -OCH3 is 1. The van der Waals surface area contributed by atoms with Gasteiger partial charge in [-0.05, 0) is 24.6 Å². The van der Waals surface area contributed by atoms with Crippen LogP contribution in [0.2, 0.25) is 0 Å². The van der Waals surface area contributed by atoms with Gasteiger partial charge >= 0.3 is 5.97 Å². The lowest BCUT2D eigenvalue weighted by molar-refractivity contribution is -0.153. The molecule has 2 atom stereocenters. The zero-order valence-electron chi connectivity index (χ0n) is 14.4. The van der Waals surface area contributed by atoms with E-state index in [9.17, 15) is 14.0 Å². The summed E-state index contributed by atoms with van der Waals surface area (Å²) in [7, 11) is 1.32. The highest BCUT2D eigenvalue weighted by atomic mass is 35.5. The highest BCUT2D eigenvalue weighted by molar-refractivity contribution is 5.94. The van der Waals surface area contributed by atoms with Crippen LogP contribution < -0.4 is 0 Å². The normalized spacial score (nSPS) is 24.4. The predicted octanol–water partition coefficient (Wildman–Crippen LogP) is 1.47. The van der Waals surface area contributed by atoms with Crippen LogP contribution in [0.15, 0.2) is 18.3 Å². The molecule has 26 heavy (non-hydrogen) atoms. The third kappa shape index (κ3) is 2.55. The number of aryl methyl sites for hydroxylation is 1. The second-order valence-electron chi connectivity index (χ2n) is 6.73. The van der Waals surface area contributed by atoms with Crippen molar-refractivity contribution in [1.82, 2.24) is 14.3 Å². The number of imidazole rings is 1. The fourth-order valence-corrected chi connectivity index (χ4v) is 3.78. The van der Waals surface area contributed by atoms with Gasteiger partial charge < -0.3 is 14.4 Å². The minimum atomic E-state index is -0.864. The summed E-state index contributed by atoms with van der Waals surface area (Å²) in [5.74, 6) is -1.75. The molecular formula is C17H19ClFN3O4. The predicted molar refractivity (Wildman–Crippen MR) is 91.8 cm³/mol. The first-order valence-electron chi connectivity index (χ1n) is 8.06. The van der Waals surface area contributed by atoms with E-state index in [1.54, 1.807) is 18.3 Å². The summed E-state index contributed by atoms with van der Waals surface area (Å²) in [6.07, 6.45) is 1.55. The Labute approximate surface area is 155 Å². The Balaban J connectivity index is 0.00000196. The van der Waals surface area contributed by atoms with E-state index in [2.05, 4.69) is 4.98 Å². The lowest BCUT2D eigenvalue weighted by atomic mass is 9.81. The molecule has 0 spiro atoms. The summed E-state index contributed by atoms with van der Waals surface area (Å²) in [5, 5.41) is 0. The van der Waals surface area contributed by atoms with Gasteiger partial charge in [-0.3, -0.25) is 14.0 Å². The molecule has 2 fully saturated rings. The van der Waals surface area contributed by atoms with Gasteiger partial charge in [0.15, 0.2) is 5.69 Å². The Morgan fingerprint density at radius 2 is 2.23 bits per heavy atom. The van der Waals surface area contributed by atoms with Crippen LogP contribution in [0.4, 0.5) is 4.39 Å². The number of rotatable bonds is 2. The molecule has 0 radical (unpaired) electrons. The maximum atomic E-state index is 14.6. The molecule has 4 heterocycles. The van der Waals surface area contributed by atoms with E-state index in [4.69, 9.17) is 9.47 Å². The van der Waals surface area contributed by atoms with Crippen molar-refractivity contribution < 1.29 is 23.5 Å². The molecule has 4 rings (SSSR count). The first-order chi connectivity index (χ1) is 12.0. The summed E-state index contributed by atoms with van der Waals surface area (Å²) in [6, 6.07) is 3.46. The van der Waals surface area contributed by atoms with E-state index in [1.807, 2.05) is 6.92 Å². The van der Waals surface area contributed by atoms with E-state index in [0.717, 1.165) is 5.56 Å². The van der Waals surface area contributed by atoms with E-state index in [1.165, 1.54) is 16.4 Å². The standard InChI is InChI=1S/C17H18FN3O4.ClH/c1-10-3-4-21-12(5-10)19-13(14(21)18)15(22)20-6-11-7-25-9-17(11,8-20)16(23)24-2;/h3-5,11H,6-9H2,1-2H3;1H/t11-,17-;/m0./s1. The molecule has 0 N–H and O–H groups in total. The first kappa shape index (κ1) is 18.6. The van der Waals surface area contributed by atoms with Crippen LogP contribution in [0.1, 0.15) is 16.1 Å². The van der Waals surface area contributed by atoms with Crippen LogP contribution in [-0.2, 0) is 14.3 Å². The molecule has 2 saturated heterocycles. The number of halogens is 2. The Hall–Kier alpha value is -2.19. The van der Waals surface area contributed by atoms with Gasteiger partial charge in [0.2, 0.25) is 5.95 Å². The Bertz CT molecular complexity index is 886. The molecule has 0 unspecified atom stereocenters. The quantitative estimate of drug-likeness (QED) is 0.734. The molecule has 9 heteroatoms. The highest BCUT2D eigenvalue weighted by Crippen LogP contribution is 2.42. The summed E-state index contributed by atoms with van der Waals surface area (Å²) in [5.41, 5.74) is 0.211. The number of esters is 1. The SMILES string of the molecule is COC(=O)[C@@]12COC[C@@H]1CN(C(=O)c1nc3cc(C)ccn3c1F)C2.Cl. The second kappa shape index (κ2) is 6.51. The second-order valence-corrected chi connectivity index (χ2v) is 6.73.